The highest BCUT2D eigenvalue weighted by molar-refractivity contribution is 5.51. The Labute approximate surface area is 102 Å². The van der Waals surface area contributed by atoms with Crippen LogP contribution < -0.4 is 14.8 Å². The lowest BCUT2D eigenvalue weighted by molar-refractivity contribution is 0.357. The molecule has 0 atom stereocenters. The molecule has 0 aromatic heterocycles. The molecule has 1 fully saturated rings. The first-order chi connectivity index (χ1) is 8.26. The molecule has 0 bridgehead atoms. The fourth-order valence-electron chi connectivity index (χ4n) is 2.36. The van der Waals surface area contributed by atoms with E-state index in [1.165, 1.54) is 0 Å². The van der Waals surface area contributed by atoms with Crippen LogP contribution in [-0.4, -0.2) is 32.4 Å². The molecule has 1 aliphatic heterocycles. The van der Waals surface area contributed by atoms with Gasteiger partial charge in [0, 0.05) is 11.6 Å². The molecule has 0 unspecified atom stereocenters. The van der Waals surface area contributed by atoms with Crippen LogP contribution in [0.5, 0.6) is 17.2 Å². The van der Waals surface area contributed by atoms with E-state index in [4.69, 9.17) is 9.47 Å². The van der Waals surface area contributed by atoms with Crippen molar-refractivity contribution in [3.05, 3.63) is 17.7 Å². The van der Waals surface area contributed by atoms with Gasteiger partial charge in [0.1, 0.15) is 5.75 Å². The molecule has 1 aromatic rings. The number of nitrogens with one attached hydrogen (secondary N) is 1. The summed E-state index contributed by atoms with van der Waals surface area (Å²) >= 11 is 0. The van der Waals surface area contributed by atoms with Gasteiger partial charge >= 0.3 is 0 Å². The summed E-state index contributed by atoms with van der Waals surface area (Å²) in [6, 6.07) is 3.53. The molecule has 0 saturated carbocycles. The number of hydrogen-bond donors (Lipinski definition) is 2. The van der Waals surface area contributed by atoms with E-state index < -0.39 is 0 Å². The van der Waals surface area contributed by atoms with Crippen LogP contribution >= 0.6 is 0 Å². The van der Waals surface area contributed by atoms with Crippen molar-refractivity contribution in [2.24, 2.45) is 0 Å². The Bertz CT molecular complexity index is 386. The van der Waals surface area contributed by atoms with E-state index in [0.717, 1.165) is 37.2 Å². The van der Waals surface area contributed by atoms with Gasteiger partial charge in [-0.15, -0.1) is 0 Å². The fourth-order valence-corrected chi connectivity index (χ4v) is 2.36. The van der Waals surface area contributed by atoms with Gasteiger partial charge in [-0.25, -0.2) is 0 Å². The van der Waals surface area contributed by atoms with E-state index in [0.29, 0.717) is 11.7 Å². The number of hydrogen-bond acceptors (Lipinski definition) is 4. The maximum absolute atomic E-state index is 9.73. The topological polar surface area (TPSA) is 50.7 Å². The molecule has 2 rings (SSSR count). The number of phenolic OH excluding ortho intramolecular Hbond substituents is 1. The predicted molar refractivity (Wildman–Crippen MR) is 66.1 cm³/mol. The van der Waals surface area contributed by atoms with Crippen LogP contribution in [0.2, 0.25) is 0 Å². The predicted octanol–water partition coefficient (Wildman–Crippen LogP) is 1.88. The van der Waals surface area contributed by atoms with Crippen molar-refractivity contribution in [1.82, 2.24) is 5.32 Å². The quantitative estimate of drug-likeness (QED) is 0.842. The molecule has 0 radical (unpaired) electrons. The van der Waals surface area contributed by atoms with E-state index in [9.17, 15) is 5.11 Å². The normalized spacial score (nSPS) is 16.8. The van der Waals surface area contributed by atoms with Crippen LogP contribution in [0.1, 0.15) is 24.3 Å². The number of ether oxygens (including phenoxy) is 2. The molecule has 0 spiro atoms. The molecular weight excluding hydrogens is 218 g/mol. The van der Waals surface area contributed by atoms with Crippen molar-refractivity contribution in [3.63, 3.8) is 0 Å². The third kappa shape index (κ3) is 2.47. The minimum absolute atomic E-state index is 0.127. The van der Waals surface area contributed by atoms with Gasteiger partial charge < -0.3 is 19.9 Å². The summed E-state index contributed by atoms with van der Waals surface area (Å²) in [5, 5.41) is 13.1. The van der Waals surface area contributed by atoms with E-state index in [1.54, 1.807) is 20.3 Å². The minimum Gasteiger partial charge on any atom is -0.504 e. The summed E-state index contributed by atoms with van der Waals surface area (Å²) in [5.41, 5.74) is 1.13. The molecule has 2 N–H and O–H groups in total. The number of piperidine rings is 1. The van der Waals surface area contributed by atoms with Crippen LogP contribution in [0.15, 0.2) is 12.1 Å². The van der Waals surface area contributed by atoms with Crippen molar-refractivity contribution >= 4 is 0 Å². The van der Waals surface area contributed by atoms with E-state index in [1.807, 2.05) is 6.07 Å². The molecular formula is C13H19NO3. The van der Waals surface area contributed by atoms with Crippen LogP contribution in [0.3, 0.4) is 0 Å². The molecule has 0 aliphatic carbocycles. The van der Waals surface area contributed by atoms with Crippen LogP contribution in [0.4, 0.5) is 0 Å². The summed E-state index contributed by atoms with van der Waals surface area (Å²) in [6.07, 6.45) is 2.18. The number of benzene rings is 1. The molecule has 0 amide bonds. The highest BCUT2D eigenvalue weighted by Crippen LogP contribution is 2.39. The van der Waals surface area contributed by atoms with Gasteiger partial charge in [0.25, 0.3) is 0 Å². The summed E-state index contributed by atoms with van der Waals surface area (Å²) in [4.78, 5) is 0. The first-order valence-corrected chi connectivity index (χ1v) is 5.92. The molecule has 1 aliphatic rings. The third-order valence-electron chi connectivity index (χ3n) is 3.31. The smallest absolute Gasteiger partial charge is 0.161 e. The first kappa shape index (κ1) is 12.0. The third-order valence-corrected chi connectivity index (χ3v) is 3.31. The molecule has 1 saturated heterocycles. The number of aromatic hydroxyl groups is 1. The SMILES string of the molecule is COc1cc(C2CCNCC2)c(OC)cc1O. The zero-order valence-electron chi connectivity index (χ0n) is 10.3. The average molecular weight is 237 g/mol. The molecule has 4 heteroatoms. The standard InChI is InChI=1S/C13H19NO3/c1-16-12-8-11(15)13(17-2)7-10(12)9-3-5-14-6-4-9/h7-9,14-15H,3-6H2,1-2H3. The second-order valence-corrected chi connectivity index (χ2v) is 4.29. The van der Waals surface area contributed by atoms with Gasteiger partial charge in [-0.2, -0.15) is 0 Å². The minimum atomic E-state index is 0.127. The van der Waals surface area contributed by atoms with Crippen LogP contribution in [0.25, 0.3) is 0 Å². The second kappa shape index (κ2) is 5.27. The lowest BCUT2D eigenvalue weighted by Gasteiger charge is -2.25. The monoisotopic (exact) mass is 237 g/mol. The Morgan fingerprint density at radius 1 is 1.12 bits per heavy atom. The van der Waals surface area contributed by atoms with Crippen molar-refractivity contribution in [3.8, 4) is 17.2 Å². The summed E-state index contributed by atoms with van der Waals surface area (Å²) in [5.74, 6) is 1.86. The molecule has 17 heavy (non-hydrogen) atoms. The van der Waals surface area contributed by atoms with Gasteiger partial charge in [0.05, 0.1) is 14.2 Å². The zero-order chi connectivity index (χ0) is 12.3. The molecule has 94 valence electrons. The number of methoxy groups -OCH3 is 2. The second-order valence-electron chi connectivity index (χ2n) is 4.29. The van der Waals surface area contributed by atoms with Gasteiger partial charge in [0.15, 0.2) is 11.5 Å². The van der Waals surface area contributed by atoms with E-state index in [-0.39, 0.29) is 5.75 Å². The number of phenols is 1. The van der Waals surface area contributed by atoms with E-state index >= 15 is 0 Å². The Hall–Kier alpha value is -1.42. The Balaban J connectivity index is 2.35. The average Bonchev–Trinajstić information content (AvgIpc) is 2.39. The van der Waals surface area contributed by atoms with Crippen LogP contribution in [0, 0.1) is 0 Å². The van der Waals surface area contributed by atoms with Gasteiger partial charge in [-0.05, 0) is 37.9 Å². The van der Waals surface area contributed by atoms with Gasteiger partial charge in [-0.1, -0.05) is 0 Å². The Kier molecular flexibility index (Phi) is 3.74. The van der Waals surface area contributed by atoms with Gasteiger partial charge in [0.2, 0.25) is 0 Å². The number of rotatable bonds is 3. The maximum Gasteiger partial charge on any atom is 0.161 e. The lowest BCUT2D eigenvalue weighted by Crippen LogP contribution is -2.26. The molecule has 1 heterocycles. The fraction of sp³-hybridized carbons (Fsp3) is 0.538. The van der Waals surface area contributed by atoms with Crippen molar-refractivity contribution in [2.75, 3.05) is 27.3 Å². The van der Waals surface area contributed by atoms with Crippen molar-refractivity contribution < 1.29 is 14.6 Å². The zero-order valence-corrected chi connectivity index (χ0v) is 10.3. The largest absolute Gasteiger partial charge is 0.504 e. The van der Waals surface area contributed by atoms with E-state index in [2.05, 4.69) is 5.32 Å². The van der Waals surface area contributed by atoms with Gasteiger partial charge in [-0.3, -0.25) is 0 Å². The Morgan fingerprint density at radius 2 is 1.76 bits per heavy atom. The lowest BCUT2D eigenvalue weighted by atomic mass is 9.89. The summed E-state index contributed by atoms with van der Waals surface area (Å²) in [7, 11) is 3.19. The molecule has 4 nitrogen and oxygen atoms in total. The van der Waals surface area contributed by atoms with Crippen molar-refractivity contribution in [1.29, 1.82) is 0 Å². The summed E-state index contributed by atoms with van der Waals surface area (Å²) in [6.45, 7) is 2.05. The molecule has 1 aromatic carbocycles. The highest BCUT2D eigenvalue weighted by atomic mass is 16.5. The van der Waals surface area contributed by atoms with Crippen molar-refractivity contribution in [2.45, 2.75) is 18.8 Å². The summed E-state index contributed by atoms with van der Waals surface area (Å²) < 4.78 is 10.5. The van der Waals surface area contributed by atoms with Crippen LogP contribution in [-0.2, 0) is 0 Å². The highest BCUT2D eigenvalue weighted by Gasteiger charge is 2.21. The Morgan fingerprint density at radius 3 is 2.35 bits per heavy atom. The first-order valence-electron chi connectivity index (χ1n) is 5.92. The maximum atomic E-state index is 9.73.